The van der Waals surface area contributed by atoms with Crippen LogP contribution in [-0.2, 0) is 4.79 Å². The smallest absolute Gasteiger partial charge is 1.00 e. The molecule has 60 valence electrons. The van der Waals surface area contributed by atoms with Crippen molar-refractivity contribution in [2.45, 2.75) is 0 Å². The molecule has 0 aliphatic heterocycles. The van der Waals surface area contributed by atoms with Crippen LogP contribution in [0.1, 0.15) is 5.56 Å². The van der Waals surface area contributed by atoms with E-state index in [2.05, 4.69) is 0 Å². The predicted octanol–water partition coefficient (Wildman–Crippen LogP) is -0.926. The van der Waals surface area contributed by atoms with Gasteiger partial charge in [0, 0.05) is 10.0 Å². The molecular weight excluding hydrogens is 275 g/mol. The summed E-state index contributed by atoms with van der Waals surface area (Å²) in [6, 6.07) is 4.59. The van der Waals surface area contributed by atoms with Gasteiger partial charge in [0.05, 0.1) is 6.29 Å². The first-order valence-corrected chi connectivity index (χ1v) is 3.33. The largest absolute Gasteiger partial charge is 2.00 e. The van der Waals surface area contributed by atoms with E-state index < -0.39 is 0 Å². The van der Waals surface area contributed by atoms with Gasteiger partial charge in [-0.15, -0.1) is 11.6 Å². The Bertz CT molecular complexity index is 268. The molecule has 5 heteroatoms. The van der Waals surface area contributed by atoms with Gasteiger partial charge in [-0.05, 0) is 0 Å². The fourth-order valence-corrected chi connectivity index (χ4v) is 0.858. The Kier molecular flexibility index (Phi) is 9.06. The first kappa shape index (κ1) is 15.2. The molecule has 0 N–H and O–H groups in total. The van der Waals surface area contributed by atoms with Crippen molar-refractivity contribution >= 4 is 52.5 Å². The maximum absolute atomic E-state index is 10.0. The Balaban J connectivity index is 0. The van der Waals surface area contributed by atoms with Crippen LogP contribution in [0, 0.1) is 0 Å². The number of hydrogen-bond donors (Lipinski definition) is 0. The van der Waals surface area contributed by atoms with Gasteiger partial charge in [-0.3, -0.25) is 0 Å². The van der Waals surface area contributed by atoms with Crippen LogP contribution in [0.2, 0.25) is 10.0 Å². The molecule has 0 unspecified atom stereocenters. The Morgan fingerprint density at radius 1 is 1.17 bits per heavy atom. The van der Waals surface area contributed by atoms with Crippen LogP contribution in [-0.4, -0.2) is 29.3 Å². The molecule has 0 spiro atoms. The van der Waals surface area contributed by atoms with Crippen LogP contribution in [0.25, 0.3) is 0 Å². The zero-order chi connectivity index (χ0) is 7.56. The molecule has 0 aromatic heterocycles. The van der Waals surface area contributed by atoms with E-state index in [0.29, 0.717) is 15.6 Å². The first-order chi connectivity index (χ1) is 4.74. The summed E-state index contributed by atoms with van der Waals surface area (Å²) in [5.41, 5.74) is 0.411. The Morgan fingerprint density at radius 3 is 2.17 bits per heavy atom. The molecule has 0 bridgehead atoms. The fraction of sp³-hybridized carbons (Fsp3) is 0. The van der Waals surface area contributed by atoms with E-state index in [0.717, 1.165) is 0 Å². The molecular formula is C7H3BrCl2MgO. The van der Waals surface area contributed by atoms with Gasteiger partial charge in [0.2, 0.25) is 0 Å². The van der Waals surface area contributed by atoms with Gasteiger partial charge in [0.15, 0.2) is 0 Å². The molecule has 1 aromatic rings. The van der Waals surface area contributed by atoms with Crippen molar-refractivity contribution in [3.63, 3.8) is 0 Å². The summed E-state index contributed by atoms with van der Waals surface area (Å²) in [5.74, 6) is 0. The maximum Gasteiger partial charge on any atom is 2.00 e. The van der Waals surface area contributed by atoms with E-state index >= 15 is 0 Å². The molecule has 0 aliphatic carbocycles. The Morgan fingerprint density at radius 2 is 1.75 bits per heavy atom. The molecule has 0 atom stereocenters. The van der Waals surface area contributed by atoms with Crippen LogP contribution in [0.4, 0.5) is 0 Å². The monoisotopic (exact) mass is 276 g/mol. The molecule has 12 heavy (non-hydrogen) atoms. The van der Waals surface area contributed by atoms with Crippen molar-refractivity contribution in [3.05, 3.63) is 33.8 Å². The third kappa shape index (κ3) is 4.10. The third-order valence-electron chi connectivity index (χ3n) is 1.04. The van der Waals surface area contributed by atoms with Crippen molar-refractivity contribution < 1.29 is 21.8 Å². The van der Waals surface area contributed by atoms with Crippen LogP contribution in [0.5, 0.6) is 0 Å². The summed E-state index contributed by atoms with van der Waals surface area (Å²) in [6.45, 7) is 0. The number of benzene rings is 1. The molecule has 0 radical (unpaired) electrons. The quantitative estimate of drug-likeness (QED) is 0.479. The van der Waals surface area contributed by atoms with E-state index in [4.69, 9.17) is 23.2 Å². The molecule has 0 aliphatic rings. The van der Waals surface area contributed by atoms with Gasteiger partial charge in [-0.25, -0.2) is 0 Å². The summed E-state index contributed by atoms with van der Waals surface area (Å²) in [6.07, 6.45) is 1.70. The summed E-state index contributed by atoms with van der Waals surface area (Å²) in [4.78, 5) is 10.0. The van der Waals surface area contributed by atoms with Crippen LogP contribution in [0.3, 0.4) is 0 Å². The number of rotatable bonds is 1. The molecule has 0 saturated carbocycles. The van der Waals surface area contributed by atoms with Gasteiger partial charge in [0.25, 0.3) is 0 Å². The predicted molar refractivity (Wildman–Crippen MR) is 47.0 cm³/mol. The summed E-state index contributed by atoms with van der Waals surface area (Å²) in [5, 5.41) is 0.822. The van der Waals surface area contributed by atoms with Gasteiger partial charge >= 0.3 is 23.1 Å². The molecule has 0 amide bonds. The Labute approximate surface area is 107 Å². The minimum absolute atomic E-state index is 0. The van der Waals surface area contributed by atoms with Crippen LogP contribution < -0.4 is 17.0 Å². The SMILES string of the molecule is O=[C-]c1ccc(Cl)c(Cl)c1.[Br-].[Mg+2]. The molecule has 0 saturated heterocycles. The zero-order valence-corrected chi connectivity index (χ0v) is 10.5. The van der Waals surface area contributed by atoms with Crippen molar-refractivity contribution in [2.75, 3.05) is 0 Å². The second kappa shape index (κ2) is 7.15. The van der Waals surface area contributed by atoms with Crippen molar-refractivity contribution in [3.8, 4) is 0 Å². The molecule has 0 heterocycles. The van der Waals surface area contributed by atoms with E-state index in [1.165, 1.54) is 6.07 Å². The average Bonchev–Trinajstić information content (AvgIpc) is 1.95. The van der Waals surface area contributed by atoms with Crippen molar-refractivity contribution in [2.24, 2.45) is 0 Å². The minimum atomic E-state index is 0. The molecule has 1 nitrogen and oxygen atoms in total. The van der Waals surface area contributed by atoms with Gasteiger partial charge < -0.3 is 21.8 Å². The van der Waals surface area contributed by atoms with Crippen LogP contribution >= 0.6 is 23.2 Å². The first-order valence-electron chi connectivity index (χ1n) is 2.57. The van der Waals surface area contributed by atoms with E-state index in [1.807, 2.05) is 0 Å². The summed E-state index contributed by atoms with van der Waals surface area (Å²) < 4.78 is 0. The van der Waals surface area contributed by atoms with Gasteiger partial charge in [-0.1, -0.05) is 29.3 Å². The number of hydrogen-bond acceptors (Lipinski definition) is 1. The van der Waals surface area contributed by atoms with E-state index in [9.17, 15) is 4.79 Å². The molecule has 1 aromatic carbocycles. The van der Waals surface area contributed by atoms with E-state index in [-0.39, 0.29) is 40.0 Å². The van der Waals surface area contributed by atoms with Gasteiger partial charge in [-0.2, -0.15) is 6.07 Å². The topological polar surface area (TPSA) is 17.1 Å². The van der Waals surface area contributed by atoms with Gasteiger partial charge in [0.1, 0.15) is 0 Å². The van der Waals surface area contributed by atoms with E-state index in [1.54, 1.807) is 18.4 Å². The Hall–Kier alpha value is 0.716. The normalized spacial score (nSPS) is 7.83. The molecule has 1 rings (SSSR count). The summed E-state index contributed by atoms with van der Waals surface area (Å²) >= 11 is 11.2. The average molecular weight is 278 g/mol. The number of halogens is 3. The zero-order valence-electron chi connectivity index (χ0n) is 5.98. The van der Waals surface area contributed by atoms with Crippen LogP contribution in [0.15, 0.2) is 18.2 Å². The molecule has 0 fully saturated rings. The fourth-order valence-electron chi connectivity index (χ4n) is 0.560. The van der Waals surface area contributed by atoms with Crippen molar-refractivity contribution in [1.29, 1.82) is 0 Å². The third-order valence-corrected chi connectivity index (χ3v) is 1.78. The second-order valence-corrected chi connectivity index (χ2v) is 2.55. The minimum Gasteiger partial charge on any atom is -1.00 e. The standard InChI is InChI=1S/C7H3Cl2O.BrH.Mg/c8-6-2-1-5(4-10)3-7(6)9;;/h1-3H;1H;/q-1;;+2/p-1. The number of carbonyl (C=O) groups excluding carboxylic acids is 1. The summed E-state index contributed by atoms with van der Waals surface area (Å²) in [7, 11) is 0. The second-order valence-electron chi connectivity index (χ2n) is 1.73. The maximum atomic E-state index is 10.0. The van der Waals surface area contributed by atoms with Crippen molar-refractivity contribution in [1.82, 2.24) is 0 Å².